The van der Waals surface area contributed by atoms with E-state index in [4.69, 9.17) is 28.6 Å². The van der Waals surface area contributed by atoms with E-state index in [0.29, 0.717) is 15.0 Å². The first-order valence-corrected chi connectivity index (χ1v) is 9.52. The number of carbonyl (C=O) groups is 1. The van der Waals surface area contributed by atoms with Crippen LogP contribution in [0.2, 0.25) is 5.02 Å². The van der Waals surface area contributed by atoms with Crippen molar-refractivity contribution in [2.24, 2.45) is 0 Å². The van der Waals surface area contributed by atoms with Crippen LogP contribution in [0.25, 0.3) is 10.1 Å². The molecule has 2 rings (SSSR count). The maximum atomic E-state index is 11.7. The Morgan fingerprint density at radius 2 is 2.12 bits per heavy atom. The quantitative estimate of drug-likeness (QED) is 0.390. The van der Waals surface area contributed by atoms with Crippen LogP contribution >= 0.6 is 35.2 Å². The van der Waals surface area contributed by atoms with E-state index in [2.05, 4.69) is 17.6 Å². The van der Waals surface area contributed by atoms with Crippen LogP contribution < -0.4 is 10.6 Å². The van der Waals surface area contributed by atoms with Crippen molar-refractivity contribution < 1.29 is 9.53 Å². The topological polar surface area (TPSA) is 50.4 Å². The summed E-state index contributed by atoms with van der Waals surface area (Å²) in [6.07, 6.45) is 4.79. The average molecular weight is 385 g/mol. The molecule has 1 heterocycles. The Kier molecular flexibility index (Phi) is 7.27. The molecule has 4 nitrogen and oxygen atoms in total. The van der Waals surface area contributed by atoms with Crippen molar-refractivity contribution in [3.8, 4) is 0 Å². The normalized spacial score (nSPS) is 10.6. The van der Waals surface area contributed by atoms with E-state index in [9.17, 15) is 4.79 Å². The summed E-state index contributed by atoms with van der Waals surface area (Å²) in [4.78, 5) is 12.1. The molecule has 0 aliphatic rings. The Morgan fingerprint density at radius 1 is 1.33 bits per heavy atom. The maximum Gasteiger partial charge on any atom is 0.349 e. The minimum atomic E-state index is -0.417. The molecule has 0 fully saturated rings. The largest absolute Gasteiger partial charge is 0.465 e. The lowest BCUT2D eigenvalue weighted by atomic mass is 10.2. The third-order valence-corrected chi connectivity index (χ3v) is 5.46. The molecule has 0 aliphatic carbocycles. The molecule has 0 amide bonds. The fourth-order valence-electron chi connectivity index (χ4n) is 2.30. The molecule has 0 radical (unpaired) electrons. The van der Waals surface area contributed by atoms with Gasteiger partial charge in [-0.1, -0.05) is 37.8 Å². The number of ether oxygens (including phenoxy) is 1. The van der Waals surface area contributed by atoms with Gasteiger partial charge in [0.05, 0.1) is 12.1 Å². The van der Waals surface area contributed by atoms with Gasteiger partial charge in [0, 0.05) is 22.3 Å². The van der Waals surface area contributed by atoms with Gasteiger partial charge in [0.1, 0.15) is 4.88 Å². The highest BCUT2D eigenvalue weighted by Gasteiger charge is 2.17. The molecule has 0 aliphatic heterocycles. The van der Waals surface area contributed by atoms with E-state index in [1.807, 2.05) is 18.2 Å². The number of thiophene rings is 1. The van der Waals surface area contributed by atoms with Crippen LogP contribution in [0.5, 0.6) is 0 Å². The molecule has 1 aromatic heterocycles. The van der Waals surface area contributed by atoms with Crippen LogP contribution in [0, 0.1) is 0 Å². The lowest BCUT2D eigenvalue weighted by molar-refractivity contribution is 0.0606. The summed E-state index contributed by atoms with van der Waals surface area (Å²) in [5.74, 6) is -0.417. The zero-order valence-electron chi connectivity index (χ0n) is 13.8. The Labute approximate surface area is 156 Å². The van der Waals surface area contributed by atoms with E-state index in [0.717, 1.165) is 28.7 Å². The highest BCUT2D eigenvalue weighted by molar-refractivity contribution is 7.80. The molecule has 1 aromatic carbocycles. The summed E-state index contributed by atoms with van der Waals surface area (Å²) in [6, 6.07) is 5.71. The summed E-state index contributed by atoms with van der Waals surface area (Å²) in [5, 5.41) is 8.24. The first-order chi connectivity index (χ1) is 11.6. The summed E-state index contributed by atoms with van der Waals surface area (Å²) >= 11 is 12.9. The van der Waals surface area contributed by atoms with E-state index in [-0.39, 0.29) is 0 Å². The number of nitrogens with one attached hydrogen (secondary N) is 2. The van der Waals surface area contributed by atoms with Gasteiger partial charge < -0.3 is 15.4 Å². The second-order valence-electron chi connectivity index (χ2n) is 5.39. The van der Waals surface area contributed by atoms with Crippen molar-refractivity contribution in [1.29, 1.82) is 0 Å². The lowest BCUT2D eigenvalue weighted by Gasteiger charge is -2.10. The number of halogens is 1. The number of anilines is 1. The Balaban J connectivity index is 2.00. The van der Waals surface area contributed by atoms with Gasteiger partial charge in [0.2, 0.25) is 0 Å². The molecule has 0 spiro atoms. The van der Waals surface area contributed by atoms with Crippen molar-refractivity contribution in [2.45, 2.75) is 32.6 Å². The fraction of sp³-hybridized carbons (Fsp3) is 0.412. The maximum absolute atomic E-state index is 11.7. The molecular formula is C17H21ClN2O2S2. The van der Waals surface area contributed by atoms with Gasteiger partial charge in [-0.15, -0.1) is 11.3 Å². The number of fused-ring (bicyclic) bond motifs is 1. The Morgan fingerprint density at radius 3 is 2.83 bits per heavy atom. The number of hydrogen-bond donors (Lipinski definition) is 2. The first kappa shape index (κ1) is 19.0. The monoisotopic (exact) mass is 384 g/mol. The van der Waals surface area contributed by atoms with Crippen LogP contribution in [0.3, 0.4) is 0 Å². The minimum absolute atomic E-state index is 0.417. The van der Waals surface area contributed by atoms with Crippen LogP contribution in [-0.2, 0) is 4.74 Å². The summed E-state index contributed by atoms with van der Waals surface area (Å²) < 4.78 is 5.67. The van der Waals surface area contributed by atoms with Crippen molar-refractivity contribution in [3.05, 3.63) is 28.1 Å². The van der Waals surface area contributed by atoms with Crippen LogP contribution in [0.15, 0.2) is 18.2 Å². The molecule has 0 bridgehead atoms. The summed E-state index contributed by atoms with van der Waals surface area (Å²) in [6.45, 7) is 3.06. The molecule has 0 atom stereocenters. The van der Waals surface area contributed by atoms with Gasteiger partial charge >= 0.3 is 5.97 Å². The third-order valence-electron chi connectivity index (χ3n) is 3.57. The Bertz CT molecular complexity index is 731. The first-order valence-electron chi connectivity index (χ1n) is 7.92. The third kappa shape index (κ3) is 4.82. The second-order valence-corrected chi connectivity index (χ2v) is 7.23. The number of methoxy groups -OCH3 is 1. The van der Waals surface area contributed by atoms with Gasteiger partial charge in [0.15, 0.2) is 5.11 Å². The molecule has 130 valence electrons. The van der Waals surface area contributed by atoms with Crippen molar-refractivity contribution in [3.63, 3.8) is 0 Å². The molecule has 0 saturated heterocycles. The van der Waals surface area contributed by atoms with Gasteiger partial charge in [-0.3, -0.25) is 0 Å². The smallest absolute Gasteiger partial charge is 0.349 e. The van der Waals surface area contributed by atoms with Crippen LogP contribution in [0.4, 0.5) is 5.69 Å². The molecule has 2 N–H and O–H groups in total. The molecule has 24 heavy (non-hydrogen) atoms. The molecule has 0 unspecified atom stereocenters. The predicted octanol–water partition coefficient (Wildman–Crippen LogP) is 5.21. The summed E-state index contributed by atoms with van der Waals surface area (Å²) in [7, 11) is 1.35. The Hall–Kier alpha value is -1.37. The van der Waals surface area contributed by atoms with E-state index < -0.39 is 5.97 Å². The minimum Gasteiger partial charge on any atom is -0.465 e. The van der Waals surface area contributed by atoms with Crippen LogP contribution in [0.1, 0.15) is 42.3 Å². The van der Waals surface area contributed by atoms with E-state index in [1.54, 1.807) is 0 Å². The van der Waals surface area contributed by atoms with Gasteiger partial charge in [-0.05, 0) is 36.8 Å². The number of thiocarbonyl (C=S) groups is 1. The molecule has 7 heteroatoms. The van der Waals surface area contributed by atoms with Crippen molar-refractivity contribution >= 4 is 62.0 Å². The van der Waals surface area contributed by atoms with E-state index in [1.165, 1.54) is 37.7 Å². The predicted molar refractivity (Wildman–Crippen MR) is 107 cm³/mol. The van der Waals surface area contributed by atoms with Gasteiger partial charge in [0.25, 0.3) is 0 Å². The second kappa shape index (κ2) is 9.20. The fourth-order valence-corrected chi connectivity index (χ4v) is 3.98. The van der Waals surface area contributed by atoms with Crippen molar-refractivity contribution in [2.75, 3.05) is 19.0 Å². The standard InChI is InChI=1S/C17H21ClN2O2S2/c1-3-4-5-6-9-19-17(23)20-11-7-8-12-13(10-11)24-15(14(12)18)16(21)22-2/h7-8,10H,3-6,9H2,1-2H3,(H2,19,20,23). The van der Waals surface area contributed by atoms with Crippen molar-refractivity contribution in [1.82, 2.24) is 5.32 Å². The number of unbranched alkanes of at least 4 members (excludes halogenated alkanes) is 3. The SMILES string of the molecule is CCCCCCNC(=S)Nc1ccc2c(Cl)c(C(=O)OC)sc2c1. The zero-order chi connectivity index (χ0) is 17.5. The number of benzene rings is 1. The zero-order valence-corrected chi connectivity index (χ0v) is 16.2. The van der Waals surface area contributed by atoms with Gasteiger partial charge in [-0.25, -0.2) is 4.79 Å². The molecule has 2 aromatic rings. The highest BCUT2D eigenvalue weighted by atomic mass is 35.5. The number of carbonyl (C=O) groups excluding carboxylic acids is 1. The van der Waals surface area contributed by atoms with E-state index >= 15 is 0 Å². The highest BCUT2D eigenvalue weighted by Crippen LogP contribution is 2.37. The van der Waals surface area contributed by atoms with Crippen LogP contribution in [-0.4, -0.2) is 24.7 Å². The number of rotatable bonds is 7. The number of esters is 1. The average Bonchev–Trinajstić information content (AvgIpc) is 2.90. The van der Waals surface area contributed by atoms with Gasteiger partial charge in [-0.2, -0.15) is 0 Å². The lowest BCUT2D eigenvalue weighted by Crippen LogP contribution is -2.29. The molecule has 0 saturated carbocycles. The number of hydrogen-bond acceptors (Lipinski definition) is 4. The summed E-state index contributed by atoms with van der Waals surface area (Å²) in [5.41, 5.74) is 0.864. The molecular weight excluding hydrogens is 364 g/mol.